The van der Waals surface area contributed by atoms with E-state index >= 15 is 0 Å². The van der Waals surface area contributed by atoms with E-state index in [1.54, 1.807) is 18.2 Å². The van der Waals surface area contributed by atoms with Gasteiger partial charge in [-0.25, -0.2) is 0 Å². The summed E-state index contributed by atoms with van der Waals surface area (Å²) in [5, 5.41) is 23.4. The molecule has 0 spiro atoms. The highest BCUT2D eigenvalue weighted by molar-refractivity contribution is 9.10. The fraction of sp³-hybridized carbons (Fsp3) is 0.0769. The van der Waals surface area contributed by atoms with Gasteiger partial charge in [0.2, 0.25) is 0 Å². The van der Waals surface area contributed by atoms with Crippen molar-refractivity contribution in [2.24, 2.45) is 0 Å². The monoisotopic (exact) mass is 498 g/mol. The number of nitro benzene ring substituents is 2. The Kier molecular flexibility index (Phi) is 4.25. The van der Waals surface area contributed by atoms with E-state index in [-0.39, 0.29) is 28.1 Å². The third kappa shape index (κ3) is 2.72. The number of halogens is 1. The number of nitrogens with zero attached hydrogens (tertiary/aromatic N) is 2. The van der Waals surface area contributed by atoms with E-state index in [0.29, 0.717) is 10.0 Å². The largest absolute Gasteiger partial charge is 0.273 e. The second-order valence-electron chi connectivity index (χ2n) is 8.26. The van der Waals surface area contributed by atoms with Gasteiger partial charge in [-0.2, -0.15) is 0 Å². The summed E-state index contributed by atoms with van der Waals surface area (Å²) in [5.41, 5.74) is 7.80. The van der Waals surface area contributed by atoms with Gasteiger partial charge in [0.1, 0.15) is 0 Å². The molecule has 7 heteroatoms. The molecule has 3 aliphatic rings. The second kappa shape index (κ2) is 7.08. The summed E-state index contributed by atoms with van der Waals surface area (Å²) < 4.78 is 0.579. The molecule has 33 heavy (non-hydrogen) atoms. The smallest absolute Gasteiger partial charge is 0.258 e. The topological polar surface area (TPSA) is 86.3 Å². The molecule has 0 unspecified atom stereocenters. The zero-order valence-electron chi connectivity index (χ0n) is 17.1. The predicted octanol–water partition coefficient (Wildman–Crippen LogP) is 6.92. The molecule has 0 amide bonds. The van der Waals surface area contributed by atoms with E-state index in [2.05, 4.69) is 40.2 Å². The first-order valence-corrected chi connectivity index (χ1v) is 11.2. The molecular formula is C26H15BrN2O4. The number of non-ortho nitro benzene ring substituents is 1. The average Bonchev–Trinajstić information content (AvgIpc) is 2.83. The van der Waals surface area contributed by atoms with E-state index in [0.717, 1.165) is 38.9 Å². The highest BCUT2D eigenvalue weighted by Crippen LogP contribution is 2.60. The number of rotatable bonds is 3. The van der Waals surface area contributed by atoms with E-state index < -0.39 is 4.92 Å². The van der Waals surface area contributed by atoms with Crippen LogP contribution in [0.2, 0.25) is 0 Å². The Balaban J connectivity index is 1.71. The maximum absolute atomic E-state index is 12.1. The van der Waals surface area contributed by atoms with Gasteiger partial charge >= 0.3 is 0 Å². The minimum atomic E-state index is -0.436. The van der Waals surface area contributed by atoms with Crippen molar-refractivity contribution in [1.29, 1.82) is 0 Å². The summed E-state index contributed by atoms with van der Waals surface area (Å²) in [7, 11) is 0. The van der Waals surface area contributed by atoms with Crippen LogP contribution in [0.1, 0.15) is 45.2 Å². The second-order valence-corrected chi connectivity index (χ2v) is 9.12. The van der Waals surface area contributed by atoms with Gasteiger partial charge in [0.15, 0.2) is 0 Å². The highest BCUT2D eigenvalue weighted by Gasteiger charge is 2.46. The van der Waals surface area contributed by atoms with Crippen LogP contribution in [0.3, 0.4) is 0 Å². The fourth-order valence-electron chi connectivity index (χ4n) is 5.50. The van der Waals surface area contributed by atoms with Crippen molar-refractivity contribution >= 4 is 27.3 Å². The molecule has 0 heterocycles. The quantitative estimate of drug-likeness (QED) is 0.195. The summed E-state index contributed by atoms with van der Waals surface area (Å²) in [6.45, 7) is 0. The first-order chi connectivity index (χ1) is 16.0. The van der Waals surface area contributed by atoms with Crippen molar-refractivity contribution in [1.82, 2.24) is 0 Å². The first kappa shape index (κ1) is 19.8. The Hall–Kier alpha value is -3.84. The van der Waals surface area contributed by atoms with Crippen molar-refractivity contribution in [3.05, 3.63) is 137 Å². The summed E-state index contributed by atoms with van der Waals surface area (Å²) in [6, 6.07) is 24.3. The van der Waals surface area contributed by atoms with Gasteiger partial charge in [-0.1, -0.05) is 48.5 Å². The third-order valence-electron chi connectivity index (χ3n) is 6.73. The van der Waals surface area contributed by atoms with Crippen molar-refractivity contribution in [3.8, 4) is 11.1 Å². The van der Waals surface area contributed by atoms with E-state index in [1.165, 1.54) is 12.1 Å². The molecule has 0 saturated heterocycles. The molecule has 160 valence electrons. The molecule has 7 rings (SSSR count). The molecule has 2 bridgehead atoms. The molecule has 4 aromatic rings. The average molecular weight is 499 g/mol. The number of benzene rings is 4. The van der Waals surface area contributed by atoms with Crippen LogP contribution in [0, 0.1) is 20.2 Å². The molecule has 4 aromatic carbocycles. The Morgan fingerprint density at radius 1 is 0.636 bits per heavy atom. The van der Waals surface area contributed by atoms with E-state index in [9.17, 15) is 20.2 Å². The molecule has 0 N–H and O–H groups in total. The zero-order valence-corrected chi connectivity index (χ0v) is 18.7. The fourth-order valence-corrected chi connectivity index (χ4v) is 6.08. The molecule has 0 aliphatic heterocycles. The van der Waals surface area contributed by atoms with Gasteiger partial charge in [-0.3, -0.25) is 20.2 Å². The lowest BCUT2D eigenvalue weighted by molar-refractivity contribution is -0.385. The molecule has 0 atom stereocenters. The minimum absolute atomic E-state index is 0.0152. The summed E-state index contributed by atoms with van der Waals surface area (Å²) in [5.74, 6) is -0.399. The molecule has 0 saturated carbocycles. The SMILES string of the molecule is O=[N+]([O-])c1ccc(-c2ccc([N+](=O)[O-])c3c2C2c4ccccc4C3c3ccccc32)c(Br)c1. The first-order valence-electron chi connectivity index (χ1n) is 10.4. The normalized spacial score (nSPS) is 17.1. The van der Waals surface area contributed by atoms with Crippen molar-refractivity contribution < 1.29 is 9.85 Å². The van der Waals surface area contributed by atoms with Gasteiger partial charge in [0.05, 0.1) is 9.85 Å². The van der Waals surface area contributed by atoms with Crippen LogP contribution >= 0.6 is 15.9 Å². The van der Waals surface area contributed by atoms with Crippen molar-refractivity contribution in [2.75, 3.05) is 0 Å². The minimum Gasteiger partial charge on any atom is -0.258 e. The number of hydrogen-bond donors (Lipinski definition) is 0. The van der Waals surface area contributed by atoms with Crippen LogP contribution in [0.4, 0.5) is 11.4 Å². The summed E-state index contributed by atoms with van der Waals surface area (Å²) >= 11 is 3.51. The Morgan fingerprint density at radius 3 is 1.64 bits per heavy atom. The van der Waals surface area contributed by atoms with E-state index in [4.69, 9.17) is 0 Å². The molecule has 0 aromatic heterocycles. The van der Waals surface area contributed by atoms with Crippen LogP contribution in [-0.4, -0.2) is 9.85 Å². The van der Waals surface area contributed by atoms with Crippen LogP contribution in [0.15, 0.2) is 83.3 Å². The summed E-state index contributed by atoms with van der Waals surface area (Å²) in [6.07, 6.45) is 0. The van der Waals surface area contributed by atoms with Gasteiger partial charge in [0.25, 0.3) is 11.4 Å². The maximum Gasteiger partial charge on any atom is 0.273 e. The van der Waals surface area contributed by atoms with Crippen molar-refractivity contribution in [2.45, 2.75) is 11.8 Å². The lowest BCUT2D eigenvalue weighted by Crippen LogP contribution is -2.29. The molecule has 6 nitrogen and oxygen atoms in total. The Morgan fingerprint density at radius 2 is 1.15 bits per heavy atom. The molecule has 0 radical (unpaired) electrons. The van der Waals surface area contributed by atoms with Crippen LogP contribution in [0.25, 0.3) is 11.1 Å². The third-order valence-corrected chi connectivity index (χ3v) is 7.38. The van der Waals surface area contributed by atoms with Crippen LogP contribution in [-0.2, 0) is 0 Å². The lowest BCUT2D eigenvalue weighted by atomic mass is 9.59. The van der Waals surface area contributed by atoms with E-state index in [1.807, 2.05) is 24.3 Å². The van der Waals surface area contributed by atoms with Gasteiger partial charge in [0, 0.05) is 40.1 Å². The lowest BCUT2D eigenvalue weighted by Gasteiger charge is -2.42. The van der Waals surface area contributed by atoms with Gasteiger partial charge in [-0.05, 0) is 67.0 Å². The van der Waals surface area contributed by atoms with Gasteiger partial charge in [-0.15, -0.1) is 0 Å². The molecular weight excluding hydrogens is 484 g/mol. The Bertz CT molecular complexity index is 1470. The Labute approximate surface area is 196 Å². The molecule has 3 aliphatic carbocycles. The number of nitro groups is 2. The zero-order chi connectivity index (χ0) is 22.9. The van der Waals surface area contributed by atoms with Crippen LogP contribution < -0.4 is 0 Å². The maximum atomic E-state index is 12.1. The number of hydrogen-bond acceptors (Lipinski definition) is 4. The standard InChI is InChI=1S/C26H15BrN2O4/c27-21-13-14(28(30)31)9-10-15(21)20-11-12-22(29(32)33)26-24-18-7-3-1-5-16(18)23(25(20)26)17-6-2-4-8-19(17)24/h1-13,23-24H. The van der Waals surface area contributed by atoms with Crippen LogP contribution in [0.5, 0.6) is 0 Å². The summed E-state index contributed by atoms with van der Waals surface area (Å²) in [4.78, 5) is 22.6. The predicted molar refractivity (Wildman–Crippen MR) is 128 cm³/mol. The highest BCUT2D eigenvalue weighted by atomic mass is 79.9. The van der Waals surface area contributed by atoms with Gasteiger partial charge < -0.3 is 0 Å². The molecule has 0 fully saturated rings. The van der Waals surface area contributed by atoms with Crippen molar-refractivity contribution in [3.63, 3.8) is 0 Å².